The fourth-order valence-corrected chi connectivity index (χ4v) is 4.69. The summed E-state index contributed by atoms with van der Waals surface area (Å²) in [6.07, 6.45) is 0. The first-order valence-electron chi connectivity index (χ1n) is 8.47. The lowest BCUT2D eigenvalue weighted by atomic mass is 10.2. The van der Waals surface area contributed by atoms with Crippen LogP contribution in [0.4, 0.5) is 0 Å². The third-order valence-corrected chi connectivity index (χ3v) is 7.28. The maximum atomic E-state index is 12.2. The number of hydrogen-bond acceptors (Lipinski definition) is 6. The predicted molar refractivity (Wildman–Crippen MR) is 113 cm³/mol. The van der Waals surface area contributed by atoms with Gasteiger partial charge in [-0.1, -0.05) is 6.07 Å². The predicted octanol–water partition coefficient (Wildman–Crippen LogP) is 1.78. The molecule has 0 aliphatic heterocycles. The lowest BCUT2D eigenvalue weighted by molar-refractivity contribution is -0.120. The molecule has 2 rings (SSSR count). The van der Waals surface area contributed by atoms with E-state index in [1.54, 1.807) is 23.1 Å². The number of sulfonamides is 1. The van der Waals surface area contributed by atoms with E-state index >= 15 is 0 Å². The van der Waals surface area contributed by atoms with Crippen LogP contribution in [0.5, 0.6) is 0 Å². The summed E-state index contributed by atoms with van der Waals surface area (Å²) in [5.74, 6) is 0.891. The maximum absolute atomic E-state index is 12.2. The van der Waals surface area contributed by atoms with Gasteiger partial charge >= 0.3 is 0 Å². The summed E-state index contributed by atoms with van der Waals surface area (Å²) in [5, 5.41) is 9.38. The van der Waals surface area contributed by atoms with Gasteiger partial charge in [-0.25, -0.2) is 12.7 Å². The first-order chi connectivity index (χ1) is 13.3. The molecule has 0 aliphatic carbocycles. The smallest absolute Gasteiger partial charge is 0.251 e. The third kappa shape index (κ3) is 6.62. The second kappa shape index (κ2) is 10.6. The molecule has 1 aromatic heterocycles. The highest BCUT2D eigenvalue weighted by molar-refractivity contribution is 7.98. The molecule has 152 valence electrons. The quantitative estimate of drug-likeness (QED) is 0.548. The van der Waals surface area contributed by atoms with Crippen molar-refractivity contribution in [3.63, 3.8) is 0 Å². The van der Waals surface area contributed by atoms with Gasteiger partial charge in [0.15, 0.2) is 0 Å². The van der Waals surface area contributed by atoms with Crippen LogP contribution < -0.4 is 10.6 Å². The lowest BCUT2D eigenvalue weighted by Crippen LogP contribution is -2.37. The summed E-state index contributed by atoms with van der Waals surface area (Å²) < 4.78 is 25.4. The second-order valence-corrected chi connectivity index (χ2v) is 10.1. The van der Waals surface area contributed by atoms with Gasteiger partial charge in [-0.3, -0.25) is 9.59 Å². The Morgan fingerprint density at radius 3 is 2.64 bits per heavy atom. The van der Waals surface area contributed by atoms with Crippen molar-refractivity contribution < 1.29 is 18.0 Å². The van der Waals surface area contributed by atoms with Crippen LogP contribution in [0, 0.1) is 0 Å². The van der Waals surface area contributed by atoms with Crippen LogP contribution in [0.15, 0.2) is 46.0 Å². The van der Waals surface area contributed by atoms with E-state index in [1.807, 2.05) is 5.38 Å². The number of amides is 2. The maximum Gasteiger partial charge on any atom is 0.251 e. The number of rotatable bonds is 10. The molecule has 0 bridgehead atoms. The number of hydrogen-bond donors (Lipinski definition) is 2. The molecule has 2 aromatic rings. The first-order valence-corrected chi connectivity index (χ1v) is 12.0. The Bertz CT molecular complexity index is 897. The fourth-order valence-electron chi connectivity index (χ4n) is 2.16. The molecular formula is C18H23N3O4S3. The molecule has 2 amide bonds. The minimum atomic E-state index is -3.63. The summed E-state index contributed by atoms with van der Waals surface area (Å²) in [7, 11) is -0.782. The highest BCUT2D eigenvalue weighted by Gasteiger charge is 2.18. The van der Waals surface area contributed by atoms with E-state index in [1.165, 1.54) is 43.9 Å². The average Bonchev–Trinajstić information content (AvgIpc) is 3.19. The molecule has 0 spiro atoms. The van der Waals surface area contributed by atoms with Gasteiger partial charge in [0.2, 0.25) is 15.9 Å². The number of carbonyl (C=O) groups is 2. The van der Waals surface area contributed by atoms with Crippen LogP contribution in [-0.4, -0.2) is 57.5 Å². The number of carbonyl (C=O) groups excluding carboxylic acids is 2. The molecule has 10 heteroatoms. The SMILES string of the molecule is CN(C)S(=O)(=O)c1cccc(C(=O)NCC(=O)NCCSCc2ccsc2)c1. The Morgan fingerprint density at radius 2 is 1.96 bits per heavy atom. The summed E-state index contributed by atoms with van der Waals surface area (Å²) in [4.78, 5) is 24.1. The molecule has 2 N–H and O–H groups in total. The Morgan fingerprint density at radius 1 is 1.18 bits per heavy atom. The van der Waals surface area contributed by atoms with Gasteiger partial charge in [-0.2, -0.15) is 23.1 Å². The summed E-state index contributed by atoms with van der Waals surface area (Å²) in [6, 6.07) is 7.79. The Hall–Kier alpha value is -1.88. The minimum Gasteiger partial charge on any atom is -0.354 e. The van der Waals surface area contributed by atoms with Gasteiger partial charge in [0.05, 0.1) is 11.4 Å². The molecule has 0 atom stereocenters. The van der Waals surface area contributed by atoms with Crippen LogP contribution in [-0.2, 0) is 20.6 Å². The Labute approximate surface area is 173 Å². The highest BCUT2D eigenvalue weighted by Crippen LogP contribution is 2.15. The fraction of sp³-hybridized carbons (Fsp3) is 0.333. The van der Waals surface area contributed by atoms with E-state index in [0.717, 1.165) is 15.8 Å². The molecule has 0 fully saturated rings. The number of thiophene rings is 1. The van der Waals surface area contributed by atoms with E-state index in [-0.39, 0.29) is 22.9 Å². The van der Waals surface area contributed by atoms with E-state index in [4.69, 9.17) is 0 Å². The zero-order valence-corrected chi connectivity index (χ0v) is 18.1. The van der Waals surface area contributed by atoms with Gasteiger partial charge < -0.3 is 10.6 Å². The summed E-state index contributed by atoms with van der Waals surface area (Å²) in [5.41, 5.74) is 1.45. The van der Waals surface area contributed by atoms with Crippen molar-refractivity contribution in [3.05, 3.63) is 52.2 Å². The standard InChI is InChI=1S/C18H23N3O4S3/c1-21(2)28(24,25)16-5-3-4-15(10-16)18(23)20-11-17(22)19-7-9-27-13-14-6-8-26-12-14/h3-6,8,10,12H,7,9,11,13H2,1-2H3,(H,19,22)(H,20,23). The minimum absolute atomic E-state index is 0.0252. The highest BCUT2D eigenvalue weighted by atomic mass is 32.2. The van der Waals surface area contributed by atoms with Crippen molar-refractivity contribution in [2.75, 3.05) is 32.9 Å². The van der Waals surface area contributed by atoms with Crippen molar-refractivity contribution in [1.82, 2.24) is 14.9 Å². The first kappa shape index (κ1) is 22.4. The Kier molecular flexibility index (Phi) is 8.49. The molecule has 0 aliphatic rings. The van der Waals surface area contributed by atoms with E-state index in [0.29, 0.717) is 6.54 Å². The molecule has 28 heavy (non-hydrogen) atoms. The van der Waals surface area contributed by atoms with Crippen molar-refractivity contribution in [2.24, 2.45) is 0 Å². The van der Waals surface area contributed by atoms with Crippen LogP contribution in [0.3, 0.4) is 0 Å². The second-order valence-electron chi connectivity index (χ2n) is 6.03. The largest absolute Gasteiger partial charge is 0.354 e. The zero-order valence-electron chi connectivity index (χ0n) is 15.7. The number of nitrogens with zero attached hydrogens (tertiary/aromatic N) is 1. The molecule has 0 saturated carbocycles. The lowest BCUT2D eigenvalue weighted by Gasteiger charge is -2.12. The van der Waals surface area contributed by atoms with Gasteiger partial charge in [0.1, 0.15) is 0 Å². The number of thioether (sulfide) groups is 1. The van der Waals surface area contributed by atoms with Crippen molar-refractivity contribution in [3.8, 4) is 0 Å². The Balaban J connectivity index is 1.75. The third-order valence-electron chi connectivity index (χ3n) is 3.70. The van der Waals surface area contributed by atoms with Crippen molar-refractivity contribution in [1.29, 1.82) is 0 Å². The van der Waals surface area contributed by atoms with Crippen molar-refractivity contribution >= 4 is 44.9 Å². The normalized spacial score (nSPS) is 11.4. The van der Waals surface area contributed by atoms with Gasteiger partial charge in [-0.15, -0.1) is 0 Å². The topological polar surface area (TPSA) is 95.6 Å². The molecular weight excluding hydrogens is 418 g/mol. The summed E-state index contributed by atoms with van der Waals surface area (Å²) >= 11 is 3.38. The van der Waals surface area contributed by atoms with E-state index in [9.17, 15) is 18.0 Å². The molecule has 0 unspecified atom stereocenters. The van der Waals surface area contributed by atoms with Crippen LogP contribution in [0.25, 0.3) is 0 Å². The molecule has 1 aromatic carbocycles. The summed E-state index contributed by atoms with van der Waals surface area (Å²) in [6.45, 7) is 0.346. The van der Waals surface area contributed by atoms with E-state index in [2.05, 4.69) is 22.1 Å². The van der Waals surface area contributed by atoms with Gasteiger partial charge in [-0.05, 0) is 40.6 Å². The zero-order chi connectivity index (χ0) is 20.6. The average molecular weight is 442 g/mol. The molecule has 1 heterocycles. The van der Waals surface area contributed by atoms with Gasteiger partial charge in [0, 0.05) is 37.7 Å². The van der Waals surface area contributed by atoms with Gasteiger partial charge in [0.25, 0.3) is 5.91 Å². The monoisotopic (exact) mass is 441 g/mol. The number of nitrogens with one attached hydrogen (secondary N) is 2. The van der Waals surface area contributed by atoms with Crippen LogP contribution >= 0.6 is 23.1 Å². The molecule has 0 saturated heterocycles. The van der Waals surface area contributed by atoms with Crippen LogP contribution in [0.2, 0.25) is 0 Å². The number of benzene rings is 1. The van der Waals surface area contributed by atoms with Crippen LogP contribution in [0.1, 0.15) is 15.9 Å². The molecule has 7 nitrogen and oxygen atoms in total. The molecule has 0 radical (unpaired) electrons. The van der Waals surface area contributed by atoms with E-state index < -0.39 is 15.9 Å². The van der Waals surface area contributed by atoms with Crippen molar-refractivity contribution in [2.45, 2.75) is 10.6 Å².